The maximum Gasteiger partial charge on any atom is 0.425 e. The zero-order valence-electron chi connectivity index (χ0n) is 17.6. The summed E-state index contributed by atoms with van der Waals surface area (Å²) in [5, 5.41) is 5.60. The number of thiophene rings is 1. The summed E-state index contributed by atoms with van der Waals surface area (Å²) in [4.78, 5) is 25.8. The van der Waals surface area contributed by atoms with Gasteiger partial charge >= 0.3 is 12.3 Å². The summed E-state index contributed by atoms with van der Waals surface area (Å²) in [7, 11) is 1.23. The molecule has 1 saturated heterocycles. The third kappa shape index (κ3) is 6.11. The van der Waals surface area contributed by atoms with Gasteiger partial charge in [0, 0.05) is 30.6 Å². The first kappa shape index (κ1) is 23.8. The molecule has 2 heterocycles. The van der Waals surface area contributed by atoms with E-state index in [1.54, 1.807) is 17.9 Å². The highest BCUT2D eigenvalue weighted by Crippen LogP contribution is 2.43. The maximum absolute atomic E-state index is 13.7. The SMILES string of the molecule is COC(=O)NCCCc1cc([C@@H](C)N(C(=O)[C@H]2CNCCO2)C2CC2)sc1C(F)(F)F. The van der Waals surface area contributed by atoms with Crippen LogP contribution in [0.2, 0.25) is 0 Å². The highest BCUT2D eigenvalue weighted by molar-refractivity contribution is 7.12. The summed E-state index contributed by atoms with van der Waals surface area (Å²) in [6, 6.07) is 1.12. The fraction of sp³-hybridized carbons (Fsp3) is 0.700. The van der Waals surface area contributed by atoms with Crippen LogP contribution in [-0.4, -0.2) is 62.4 Å². The van der Waals surface area contributed by atoms with Crippen molar-refractivity contribution >= 4 is 23.3 Å². The van der Waals surface area contributed by atoms with Crippen molar-refractivity contribution < 1.29 is 32.2 Å². The Kier molecular flexibility index (Phi) is 7.82. The number of alkyl halides is 3. The molecule has 1 saturated carbocycles. The van der Waals surface area contributed by atoms with E-state index in [2.05, 4.69) is 15.4 Å². The Morgan fingerprint density at radius 1 is 1.42 bits per heavy atom. The van der Waals surface area contributed by atoms with E-state index < -0.39 is 29.3 Å². The van der Waals surface area contributed by atoms with Crippen molar-refractivity contribution in [1.29, 1.82) is 0 Å². The third-order valence-corrected chi connectivity index (χ3v) is 6.78. The third-order valence-electron chi connectivity index (χ3n) is 5.39. The summed E-state index contributed by atoms with van der Waals surface area (Å²) in [5.74, 6) is -0.173. The van der Waals surface area contributed by atoms with Gasteiger partial charge in [-0.3, -0.25) is 4.79 Å². The average Bonchev–Trinajstić information content (AvgIpc) is 3.47. The molecule has 2 N–H and O–H groups in total. The van der Waals surface area contributed by atoms with Crippen LogP contribution in [0.25, 0.3) is 0 Å². The number of aryl methyl sites for hydroxylation is 1. The van der Waals surface area contributed by atoms with Crippen molar-refractivity contribution in [2.45, 2.75) is 57.0 Å². The number of hydrogen-bond acceptors (Lipinski definition) is 6. The molecule has 0 spiro atoms. The lowest BCUT2D eigenvalue weighted by molar-refractivity contribution is -0.148. The van der Waals surface area contributed by atoms with Crippen molar-refractivity contribution in [3.8, 4) is 0 Å². The fourth-order valence-corrected chi connectivity index (χ4v) is 4.82. The van der Waals surface area contributed by atoms with E-state index in [1.165, 1.54) is 7.11 Å². The molecule has 0 unspecified atom stereocenters. The quantitative estimate of drug-likeness (QED) is 0.580. The fourth-order valence-electron chi connectivity index (χ4n) is 3.69. The molecule has 174 valence electrons. The maximum atomic E-state index is 13.7. The summed E-state index contributed by atoms with van der Waals surface area (Å²) in [5.41, 5.74) is 0.185. The van der Waals surface area contributed by atoms with E-state index >= 15 is 0 Å². The molecule has 2 amide bonds. The van der Waals surface area contributed by atoms with Crippen LogP contribution in [0.3, 0.4) is 0 Å². The van der Waals surface area contributed by atoms with Gasteiger partial charge in [-0.05, 0) is 44.2 Å². The summed E-state index contributed by atoms with van der Waals surface area (Å²) < 4.78 is 51.0. The molecule has 1 aromatic heterocycles. The summed E-state index contributed by atoms with van der Waals surface area (Å²) in [6.07, 6.45) is -3.50. The first-order chi connectivity index (χ1) is 14.7. The second-order valence-corrected chi connectivity index (χ2v) is 8.82. The van der Waals surface area contributed by atoms with Gasteiger partial charge in [-0.15, -0.1) is 11.3 Å². The van der Waals surface area contributed by atoms with Gasteiger partial charge in [0.05, 0.1) is 19.8 Å². The van der Waals surface area contributed by atoms with Gasteiger partial charge in [-0.2, -0.15) is 13.2 Å². The number of morpholine rings is 1. The Hall–Kier alpha value is -1.85. The van der Waals surface area contributed by atoms with Gasteiger partial charge < -0.3 is 25.0 Å². The molecule has 2 aliphatic rings. The molecule has 2 fully saturated rings. The lowest BCUT2D eigenvalue weighted by atomic mass is 10.1. The molecule has 2 atom stereocenters. The highest BCUT2D eigenvalue weighted by Gasteiger charge is 2.42. The molecule has 11 heteroatoms. The number of rotatable bonds is 8. The molecule has 1 aliphatic heterocycles. The van der Waals surface area contributed by atoms with E-state index in [1.807, 2.05) is 0 Å². The Balaban J connectivity index is 1.75. The molecule has 1 aliphatic carbocycles. The van der Waals surface area contributed by atoms with Crippen LogP contribution < -0.4 is 10.6 Å². The van der Waals surface area contributed by atoms with Gasteiger partial charge in [-0.1, -0.05) is 0 Å². The van der Waals surface area contributed by atoms with E-state index in [0.717, 1.165) is 12.8 Å². The van der Waals surface area contributed by atoms with E-state index in [-0.39, 0.29) is 30.5 Å². The number of hydrogen-bond donors (Lipinski definition) is 2. The minimum atomic E-state index is -4.47. The van der Waals surface area contributed by atoms with Crippen LogP contribution >= 0.6 is 11.3 Å². The number of ether oxygens (including phenoxy) is 2. The molecular weight excluding hydrogens is 435 g/mol. The van der Waals surface area contributed by atoms with Crippen molar-refractivity contribution in [2.75, 3.05) is 33.4 Å². The summed E-state index contributed by atoms with van der Waals surface area (Å²) in [6.45, 7) is 3.51. The van der Waals surface area contributed by atoms with Gasteiger partial charge in [0.1, 0.15) is 11.0 Å². The number of methoxy groups -OCH3 is 1. The Bertz CT molecular complexity index is 776. The van der Waals surface area contributed by atoms with Gasteiger partial charge in [0.15, 0.2) is 0 Å². The van der Waals surface area contributed by atoms with Crippen LogP contribution in [0.1, 0.15) is 47.5 Å². The molecular formula is C20H28F3N3O4S. The lowest BCUT2D eigenvalue weighted by Gasteiger charge is -2.33. The zero-order valence-corrected chi connectivity index (χ0v) is 18.4. The molecule has 1 aromatic rings. The standard InChI is InChI=1S/C20H28F3N3O4S/c1-12(26(14-5-6-14)18(27)15-11-24-8-9-30-15)16-10-13(17(31-16)20(21,22)23)4-3-7-25-19(28)29-2/h10,12,14-15,24H,3-9,11H2,1-2H3,(H,25,28)/t12-,15-/m1/s1. The van der Waals surface area contributed by atoms with Crippen LogP contribution in [0, 0.1) is 0 Å². The monoisotopic (exact) mass is 463 g/mol. The van der Waals surface area contributed by atoms with Crippen molar-refractivity contribution in [3.05, 3.63) is 21.4 Å². The normalized spacial score (nSPS) is 20.2. The smallest absolute Gasteiger partial charge is 0.425 e. The zero-order chi connectivity index (χ0) is 22.6. The first-order valence-corrected chi connectivity index (χ1v) is 11.2. The second-order valence-electron chi connectivity index (χ2n) is 7.74. The molecule has 0 radical (unpaired) electrons. The number of halogens is 3. The number of alkyl carbamates (subject to hydrolysis) is 1. The largest absolute Gasteiger partial charge is 0.453 e. The molecule has 3 rings (SSSR count). The van der Waals surface area contributed by atoms with Crippen LogP contribution in [0.15, 0.2) is 6.07 Å². The van der Waals surface area contributed by atoms with E-state index in [9.17, 15) is 22.8 Å². The first-order valence-electron chi connectivity index (χ1n) is 10.4. The molecule has 0 aromatic carbocycles. The Morgan fingerprint density at radius 2 is 2.16 bits per heavy atom. The van der Waals surface area contributed by atoms with Crippen molar-refractivity contribution in [2.24, 2.45) is 0 Å². The minimum absolute atomic E-state index is 0.0390. The molecule has 31 heavy (non-hydrogen) atoms. The molecule has 7 nitrogen and oxygen atoms in total. The van der Waals surface area contributed by atoms with Crippen LogP contribution in [0.4, 0.5) is 18.0 Å². The Labute approximate surface area is 183 Å². The number of amides is 2. The van der Waals surface area contributed by atoms with Crippen LogP contribution in [0.5, 0.6) is 0 Å². The van der Waals surface area contributed by atoms with Gasteiger partial charge in [-0.25, -0.2) is 4.79 Å². The predicted molar refractivity (Wildman–Crippen MR) is 109 cm³/mol. The topological polar surface area (TPSA) is 79.9 Å². The second kappa shape index (κ2) is 10.2. The average molecular weight is 464 g/mol. The lowest BCUT2D eigenvalue weighted by Crippen LogP contribution is -2.50. The summed E-state index contributed by atoms with van der Waals surface area (Å²) >= 11 is 0.694. The Morgan fingerprint density at radius 3 is 2.74 bits per heavy atom. The molecule has 0 bridgehead atoms. The van der Waals surface area contributed by atoms with E-state index in [4.69, 9.17) is 4.74 Å². The van der Waals surface area contributed by atoms with E-state index in [0.29, 0.717) is 42.3 Å². The van der Waals surface area contributed by atoms with Gasteiger partial charge in [0.2, 0.25) is 0 Å². The minimum Gasteiger partial charge on any atom is -0.453 e. The predicted octanol–water partition coefficient (Wildman–Crippen LogP) is 3.10. The van der Waals surface area contributed by atoms with Crippen molar-refractivity contribution in [3.63, 3.8) is 0 Å². The number of carbonyl (C=O) groups is 2. The van der Waals surface area contributed by atoms with Crippen molar-refractivity contribution in [1.82, 2.24) is 15.5 Å². The van der Waals surface area contributed by atoms with Gasteiger partial charge in [0.25, 0.3) is 5.91 Å². The number of nitrogens with zero attached hydrogens (tertiary/aromatic N) is 1. The van der Waals surface area contributed by atoms with Crippen LogP contribution in [-0.2, 0) is 26.9 Å². The highest BCUT2D eigenvalue weighted by atomic mass is 32.1. The number of nitrogens with one attached hydrogen (secondary N) is 2. The number of carbonyl (C=O) groups excluding carboxylic acids is 2.